The SMILES string of the molecule is CCc1cc(OC)cc(C)c1S(=O)(=O)N(C)CC(=O)NCC(=O)N(C)Cc1ccc(NCCN(C)C)c(C)c1. The molecule has 0 heterocycles. The third kappa shape index (κ3) is 8.94. The maximum Gasteiger partial charge on any atom is 0.243 e. The van der Waals surface area contributed by atoms with Gasteiger partial charge < -0.3 is 25.2 Å². The van der Waals surface area contributed by atoms with Crippen LogP contribution in [0.1, 0.15) is 29.2 Å². The van der Waals surface area contributed by atoms with Crippen LogP contribution in [0.3, 0.4) is 0 Å². The summed E-state index contributed by atoms with van der Waals surface area (Å²) in [7, 11) is 4.67. The number of hydrogen-bond donors (Lipinski definition) is 2. The molecule has 2 aromatic carbocycles. The number of aryl methyl sites for hydroxylation is 3. The molecule has 0 radical (unpaired) electrons. The Morgan fingerprint density at radius 3 is 2.28 bits per heavy atom. The van der Waals surface area contributed by atoms with Gasteiger partial charge in [-0.25, -0.2) is 8.42 Å². The van der Waals surface area contributed by atoms with Crippen molar-refractivity contribution in [2.45, 2.75) is 38.6 Å². The zero-order valence-corrected chi connectivity index (χ0v) is 25.2. The average Bonchev–Trinajstić information content (AvgIpc) is 2.87. The molecule has 10 nitrogen and oxygen atoms in total. The maximum atomic E-state index is 13.3. The van der Waals surface area contributed by atoms with Gasteiger partial charge in [-0.15, -0.1) is 0 Å². The van der Waals surface area contributed by atoms with Crippen LogP contribution in [-0.2, 0) is 32.6 Å². The van der Waals surface area contributed by atoms with E-state index in [2.05, 4.69) is 15.5 Å². The number of methoxy groups -OCH3 is 1. The minimum Gasteiger partial charge on any atom is -0.497 e. The third-order valence-electron chi connectivity index (χ3n) is 6.42. The number of nitrogens with one attached hydrogen (secondary N) is 2. The topological polar surface area (TPSA) is 111 Å². The molecule has 39 heavy (non-hydrogen) atoms. The van der Waals surface area contributed by atoms with Crippen molar-refractivity contribution in [1.29, 1.82) is 0 Å². The first-order valence-electron chi connectivity index (χ1n) is 12.9. The number of rotatable bonds is 14. The Morgan fingerprint density at radius 2 is 1.69 bits per heavy atom. The number of benzene rings is 2. The second kappa shape index (κ2) is 14.3. The monoisotopic (exact) mass is 561 g/mol. The Morgan fingerprint density at radius 1 is 1.00 bits per heavy atom. The molecule has 0 bridgehead atoms. The fraction of sp³-hybridized carbons (Fsp3) is 0.500. The molecule has 0 fully saturated rings. The summed E-state index contributed by atoms with van der Waals surface area (Å²) >= 11 is 0. The normalized spacial score (nSPS) is 11.5. The molecule has 0 saturated heterocycles. The standard InChI is InChI=1S/C28H43N5O5S/c1-9-23-16-24(38-8)15-21(3)28(23)39(36,37)33(7)19-26(34)30-17-27(35)32(6)18-22-10-11-25(20(2)14-22)29-12-13-31(4)5/h10-11,14-16,29H,9,12-13,17-19H2,1-8H3,(H,30,34). The minimum absolute atomic E-state index is 0.172. The first-order chi connectivity index (χ1) is 18.3. The highest BCUT2D eigenvalue weighted by atomic mass is 32.2. The van der Waals surface area contributed by atoms with Crippen LogP contribution in [0.4, 0.5) is 5.69 Å². The lowest BCUT2D eigenvalue weighted by atomic mass is 10.1. The number of carbonyl (C=O) groups excluding carboxylic acids is 2. The summed E-state index contributed by atoms with van der Waals surface area (Å²) < 4.78 is 32.8. The molecule has 2 aromatic rings. The van der Waals surface area contributed by atoms with Crippen molar-refractivity contribution in [3.05, 3.63) is 52.6 Å². The molecular weight excluding hydrogens is 518 g/mol. The molecule has 0 spiro atoms. The molecule has 0 unspecified atom stereocenters. The minimum atomic E-state index is -3.93. The molecule has 2 N–H and O–H groups in total. The zero-order valence-electron chi connectivity index (χ0n) is 24.4. The van der Waals surface area contributed by atoms with E-state index in [0.717, 1.165) is 34.2 Å². The van der Waals surface area contributed by atoms with E-state index >= 15 is 0 Å². The molecule has 11 heteroatoms. The predicted octanol–water partition coefficient (Wildman–Crippen LogP) is 2.24. The van der Waals surface area contributed by atoms with Crippen molar-refractivity contribution < 1.29 is 22.7 Å². The third-order valence-corrected chi connectivity index (χ3v) is 8.47. The number of ether oxygens (including phenoxy) is 1. The smallest absolute Gasteiger partial charge is 0.243 e. The van der Waals surface area contributed by atoms with Gasteiger partial charge in [-0.3, -0.25) is 9.59 Å². The summed E-state index contributed by atoms with van der Waals surface area (Å²) in [4.78, 5) is 29.0. The summed E-state index contributed by atoms with van der Waals surface area (Å²) in [5.41, 5.74) is 4.27. The highest BCUT2D eigenvalue weighted by Crippen LogP contribution is 2.28. The lowest BCUT2D eigenvalue weighted by Crippen LogP contribution is -2.43. The first kappa shape index (κ1) is 32.1. The van der Waals surface area contributed by atoms with Gasteiger partial charge in [-0.2, -0.15) is 4.31 Å². The van der Waals surface area contributed by atoms with Crippen LogP contribution in [0.5, 0.6) is 5.75 Å². The Labute approximate surface area is 233 Å². The van der Waals surface area contributed by atoms with Gasteiger partial charge in [0.15, 0.2) is 0 Å². The molecule has 0 aliphatic heterocycles. The van der Waals surface area contributed by atoms with Crippen molar-refractivity contribution in [1.82, 2.24) is 19.4 Å². The summed E-state index contributed by atoms with van der Waals surface area (Å²) in [6.45, 7) is 7.09. The van der Waals surface area contributed by atoms with Crippen LogP contribution in [0.25, 0.3) is 0 Å². The number of carbonyl (C=O) groups is 2. The van der Waals surface area contributed by atoms with Crippen molar-refractivity contribution in [2.75, 3.05) is 66.8 Å². The van der Waals surface area contributed by atoms with Gasteiger partial charge in [-0.1, -0.05) is 19.1 Å². The van der Waals surface area contributed by atoms with E-state index in [0.29, 0.717) is 29.8 Å². The number of hydrogen-bond acceptors (Lipinski definition) is 7. The molecule has 2 amide bonds. The highest BCUT2D eigenvalue weighted by molar-refractivity contribution is 7.89. The number of amides is 2. The quantitative estimate of drug-likeness (QED) is 0.364. The fourth-order valence-corrected chi connectivity index (χ4v) is 5.77. The largest absolute Gasteiger partial charge is 0.497 e. The molecule has 0 saturated carbocycles. The van der Waals surface area contributed by atoms with E-state index in [1.807, 2.05) is 46.1 Å². The van der Waals surface area contributed by atoms with Crippen LogP contribution < -0.4 is 15.4 Å². The van der Waals surface area contributed by atoms with Gasteiger partial charge >= 0.3 is 0 Å². The van der Waals surface area contributed by atoms with E-state index in [1.165, 1.54) is 19.1 Å². The van der Waals surface area contributed by atoms with Gasteiger partial charge in [0.25, 0.3) is 0 Å². The number of likely N-dealkylation sites (N-methyl/N-ethyl adjacent to an activating group) is 3. The number of sulfonamides is 1. The van der Waals surface area contributed by atoms with Gasteiger partial charge in [-0.05, 0) is 74.8 Å². The van der Waals surface area contributed by atoms with Gasteiger partial charge in [0.2, 0.25) is 21.8 Å². The van der Waals surface area contributed by atoms with Crippen LogP contribution >= 0.6 is 0 Å². The molecule has 0 aliphatic rings. The van der Waals surface area contributed by atoms with E-state index in [-0.39, 0.29) is 17.3 Å². The van der Waals surface area contributed by atoms with Crippen LogP contribution in [0.2, 0.25) is 0 Å². The Balaban J connectivity index is 1.94. The highest BCUT2D eigenvalue weighted by Gasteiger charge is 2.28. The lowest BCUT2D eigenvalue weighted by molar-refractivity contribution is -0.132. The molecule has 0 aromatic heterocycles. The van der Waals surface area contributed by atoms with E-state index in [1.54, 1.807) is 26.1 Å². The van der Waals surface area contributed by atoms with Crippen molar-refractivity contribution in [3.8, 4) is 5.75 Å². The van der Waals surface area contributed by atoms with Crippen molar-refractivity contribution in [2.24, 2.45) is 0 Å². The van der Waals surface area contributed by atoms with Crippen molar-refractivity contribution >= 4 is 27.5 Å². The van der Waals surface area contributed by atoms with Gasteiger partial charge in [0, 0.05) is 39.4 Å². The summed E-state index contributed by atoms with van der Waals surface area (Å²) in [5, 5.41) is 5.96. The van der Waals surface area contributed by atoms with Crippen LogP contribution in [0, 0.1) is 13.8 Å². The molecule has 0 atom stereocenters. The summed E-state index contributed by atoms with van der Waals surface area (Å²) in [5.74, 6) is -0.260. The maximum absolute atomic E-state index is 13.3. The lowest BCUT2D eigenvalue weighted by Gasteiger charge is -2.22. The van der Waals surface area contributed by atoms with E-state index in [4.69, 9.17) is 4.74 Å². The number of nitrogens with zero attached hydrogens (tertiary/aromatic N) is 3. The van der Waals surface area contributed by atoms with Gasteiger partial charge in [0.1, 0.15) is 5.75 Å². The van der Waals surface area contributed by atoms with E-state index in [9.17, 15) is 18.0 Å². The van der Waals surface area contributed by atoms with Crippen LogP contribution in [0.15, 0.2) is 35.2 Å². The Kier molecular flexibility index (Phi) is 11.8. The van der Waals surface area contributed by atoms with Crippen molar-refractivity contribution in [3.63, 3.8) is 0 Å². The summed E-state index contributed by atoms with van der Waals surface area (Å²) in [6.07, 6.45) is 0.489. The Bertz CT molecular complexity index is 1260. The average molecular weight is 562 g/mol. The second-order valence-corrected chi connectivity index (χ2v) is 11.9. The molecular formula is C28H43N5O5S. The second-order valence-electron chi connectivity index (χ2n) is 9.95. The van der Waals surface area contributed by atoms with Crippen LogP contribution in [-0.4, -0.2) is 95.8 Å². The van der Waals surface area contributed by atoms with E-state index < -0.39 is 22.5 Å². The Hall–Kier alpha value is -3.15. The fourth-order valence-electron chi connectivity index (χ4n) is 4.17. The molecule has 0 aliphatic carbocycles. The molecule has 216 valence electrons. The van der Waals surface area contributed by atoms with Gasteiger partial charge in [0.05, 0.1) is 25.1 Å². The molecule has 2 rings (SSSR count). The summed E-state index contributed by atoms with van der Waals surface area (Å²) in [6, 6.07) is 9.36. The predicted molar refractivity (Wildman–Crippen MR) is 155 cm³/mol. The number of anilines is 1. The first-order valence-corrected chi connectivity index (χ1v) is 14.4. The zero-order chi connectivity index (χ0) is 29.3.